The summed E-state index contributed by atoms with van der Waals surface area (Å²) >= 11 is 0. The molecule has 0 spiro atoms. The molecular formula is C14H13NO4. The molecule has 5 heteroatoms. The SMILES string of the molecule is C=C(CN1C(=O)C(=O)c2cc(C)cc(C)c21)C(=O)O. The highest BCUT2D eigenvalue weighted by molar-refractivity contribution is 6.52. The number of carboxylic acid groups (broad SMARTS) is 1. The number of aryl methyl sites for hydroxylation is 2. The molecule has 5 nitrogen and oxygen atoms in total. The second-order valence-electron chi connectivity index (χ2n) is 4.61. The average molecular weight is 259 g/mol. The molecule has 1 amide bonds. The molecule has 0 aliphatic carbocycles. The van der Waals surface area contributed by atoms with Crippen molar-refractivity contribution in [3.05, 3.63) is 41.0 Å². The molecule has 0 radical (unpaired) electrons. The summed E-state index contributed by atoms with van der Waals surface area (Å²) < 4.78 is 0. The third kappa shape index (κ3) is 2.03. The normalized spacial score (nSPS) is 13.7. The minimum Gasteiger partial charge on any atom is -0.478 e. The van der Waals surface area contributed by atoms with E-state index in [1.807, 2.05) is 13.0 Å². The standard InChI is InChI=1S/C14H13NO4/c1-7-4-8(2)11-10(5-7)12(16)13(17)15(11)6-9(3)14(18)19/h4-5H,3,6H2,1-2H3,(H,18,19). The molecule has 1 aromatic carbocycles. The van der Waals surface area contributed by atoms with Gasteiger partial charge in [-0.3, -0.25) is 14.5 Å². The molecule has 1 aliphatic rings. The number of nitrogens with zero attached hydrogens (tertiary/aromatic N) is 1. The number of hydrogen-bond acceptors (Lipinski definition) is 3. The second-order valence-corrected chi connectivity index (χ2v) is 4.61. The van der Waals surface area contributed by atoms with E-state index in [0.717, 1.165) is 11.1 Å². The lowest BCUT2D eigenvalue weighted by Crippen LogP contribution is -2.33. The number of rotatable bonds is 3. The first-order chi connectivity index (χ1) is 8.82. The van der Waals surface area contributed by atoms with Gasteiger partial charge >= 0.3 is 5.97 Å². The molecule has 19 heavy (non-hydrogen) atoms. The molecule has 2 rings (SSSR count). The maximum Gasteiger partial charge on any atom is 0.332 e. The molecule has 98 valence electrons. The van der Waals surface area contributed by atoms with E-state index in [2.05, 4.69) is 6.58 Å². The number of carbonyl (C=O) groups is 3. The molecule has 1 heterocycles. The van der Waals surface area contributed by atoms with Gasteiger partial charge in [0.25, 0.3) is 11.7 Å². The van der Waals surface area contributed by atoms with Crippen LogP contribution in [0, 0.1) is 13.8 Å². The van der Waals surface area contributed by atoms with Crippen LogP contribution in [0.5, 0.6) is 0 Å². The number of hydrogen-bond donors (Lipinski definition) is 1. The van der Waals surface area contributed by atoms with Gasteiger partial charge < -0.3 is 5.11 Å². The molecule has 1 aliphatic heterocycles. The zero-order valence-electron chi connectivity index (χ0n) is 10.7. The smallest absolute Gasteiger partial charge is 0.332 e. The van der Waals surface area contributed by atoms with E-state index >= 15 is 0 Å². The van der Waals surface area contributed by atoms with Crippen LogP contribution in [0.2, 0.25) is 0 Å². The number of fused-ring (bicyclic) bond motifs is 1. The maximum atomic E-state index is 11.9. The first-order valence-corrected chi connectivity index (χ1v) is 5.71. The van der Waals surface area contributed by atoms with Crippen LogP contribution >= 0.6 is 0 Å². The van der Waals surface area contributed by atoms with Gasteiger partial charge in [-0.2, -0.15) is 0 Å². The van der Waals surface area contributed by atoms with Crippen molar-refractivity contribution in [2.45, 2.75) is 13.8 Å². The van der Waals surface area contributed by atoms with Crippen LogP contribution in [-0.2, 0) is 9.59 Å². The van der Waals surface area contributed by atoms with Crippen LogP contribution < -0.4 is 4.90 Å². The lowest BCUT2D eigenvalue weighted by Gasteiger charge is -2.18. The zero-order valence-corrected chi connectivity index (χ0v) is 10.7. The van der Waals surface area contributed by atoms with E-state index in [9.17, 15) is 14.4 Å². The molecule has 0 aromatic heterocycles. The van der Waals surface area contributed by atoms with Crippen LogP contribution in [0.3, 0.4) is 0 Å². The summed E-state index contributed by atoms with van der Waals surface area (Å²) in [5.41, 5.74) is 2.35. The number of carboxylic acids is 1. The molecule has 0 unspecified atom stereocenters. The quantitative estimate of drug-likeness (QED) is 0.659. The Labute approximate surface area is 110 Å². The minimum absolute atomic E-state index is 0.131. The third-order valence-corrected chi connectivity index (χ3v) is 3.05. The Morgan fingerprint density at radius 2 is 1.95 bits per heavy atom. The number of amides is 1. The molecule has 0 saturated carbocycles. The Morgan fingerprint density at radius 1 is 1.32 bits per heavy atom. The summed E-state index contributed by atoms with van der Waals surface area (Å²) in [5, 5.41) is 8.83. The second kappa shape index (κ2) is 4.35. The van der Waals surface area contributed by atoms with Crippen molar-refractivity contribution in [2.24, 2.45) is 0 Å². The van der Waals surface area contributed by atoms with Crippen molar-refractivity contribution in [2.75, 3.05) is 11.4 Å². The van der Waals surface area contributed by atoms with Crippen molar-refractivity contribution < 1.29 is 19.5 Å². The number of benzene rings is 1. The molecule has 0 bridgehead atoms. The van der Waals surface area contributed by atoms with Gasteiger partial charge in [0, 0.05) is 5.57 Å². The van der Waals surface area contributed by atoms with Crippen LogP contribution in [-0.4, -0.2) is 29.3 Å². The summed E-state index contributed by atoms with van der Waals surface area (Å²) in [4.78, 5) is 35.8. The Kier molecular flexibility index (Phi) is 2.98. The van der Waals surface area contributed by atoms with Gasteiger partial charge in [0.1, 0.15) is 0 Å². The van der Waals surface area contributed by atoms with Gasteiger partial charge in [-0.1, -0.05) is 12.6 Å². The summed E-state index contributed by atoms with van der Waals surface area (Å²) in [6.07, 6.45) is 0. The van der Waals surface area contributed by atoms with E-state index in [0.29, 0.717) is 11.3 Å². The summed E-state index contributed by atoms with van der Waals surface area (Å²) in [6.45, 7) is 6.83. The summed E-state index contributed by atoms with van der Waals surface area (Å²) in [6, 6.07) is 3.49. The molecule has 0 fully saturated rings. The zero-order chi connectivity index (χ0) is 14.3. The number of ketones is 1. The Hall–Kier alpha value is -2.43. The largest absolute Gasteiger partial charge is 0.478 e. The molecule has 0 atom stereocenters. The van der Waals surface area contributed by atoms with E-state index < -0.39 is 17.7 Å². The van der Waals surface area contributed by atoms with E-state index in [4.69, 9.17) is 5.11 Å². The lowest BCUT2D eigenvalue weighted by atomic mass is 10.0. The van der Waals surface area contributed by atoms with E-state index in [1.54, 1.807) is 13.0 Å². The van der Waals surface area contributed by atoms with Crippen molar-refractivity contribution >= 4 is 23.3 Å². The van der Waals surface area contributed by atoms with Crippen LogP contribution in [0.4, 0.5) is 5.69 Å². The summed E-state index contributed by atoms with van der Waals surface area (Å²) in [7, 11) is 0. The third-order valence-electron chi connectivity index (χ3n) is 3.05. The average Bonchev–Trinajstić information content (AvgIpc) is 2.54. The van der Waals surface area contributed by atoms with Gasteiger partial charge in [-0.25, -0.2) is 4.79 Å². The predicted octanol–water partition coefficient (Wildman–Crippen LogP) is 1.47. The molecular weight excluding hydrogens is 246 g/mol. The monoisotopic (exact) mass is 259 g/mol. The van der Waals surface area contributed by atoms with Crippen molar-refractivity contribution in [1.29, 1.82) is 0 Å². The Balaban J connectivity index is 2.50. The number of aliphatic carboxylic acids is 1. The van der Waals surface area contributed by atoms with E-state index in [1.165, 1.54) is 4.90 Å². The van der Waals surface area contributed by atoms with Crippen LogP contribution in [0.1, 0.15) is 21.5 Å². The Bertz CT molecular complexity index is 631. The number of Topliss-reactive ketones (excluding diaryl/α,β-unsaturated/α-hetero) is 1. The van der Waals surface area contributed by atoms with Gasteiger partial charge in [-0.15, -0.1) is 0 Å². The van der Waals surface area contributed by atoms with E-state index in [-0.39, 0.29) is 12.1 Å². The van der Waals surface area contributed by atoms with Crippen molar-refractivity contribution in [1.82, 2.24) is 0 Å². The highest BCUT2D eigenvalue weighted by Crippen LogP contribution is 2.33. The highest BCUT2D eigenvalue weighted by Gasteiger charge is 2.37. The first kappa shape index (κ1) is 13.0. The fourth-order valence-electron chi connectivity index (χ4n) is 2.24. The van der Waals surface area contributed by atoms with Gasteiger partial charge in [0.15, 0.2) is 0 Å². The maximum absolute atomic E-state index is 11.9. The topological polar surface area (TPSA) is 74.7 Å². The van der Waals surface area contributed by atoms with Crippen LogP contribution in [0.15, 0.2) is 24.3 Å². The van der Waals surface area contributed by atoms with Gasteiger partial charge in [0.05, 0.1) is 17.8 Å². The number of carbonyl (C=O) groups excluding carboxylic acids is 2. The molecule has 1 aromatic rings. The lowest BCUT2D eigenvalue weighted by molar-refractivity contribution is -0.132. The van der Waals surface area contributed by atoms with Crippen LogP contribution in [0.25, 0.3) is 0 Å². The van der Waals surface area contributed by atoms with Gasteiger partial charge in [-0.05, 0) is 31.0 Å². The fourth-order valence-corrected chi connectivity index (χ4v) is 2.24. The fraction of sp³-hybridized carbons (Fsp3) is 0.214. The minimum atomic E-state index is -1.18. The van der Waals surface area contributed by atoms with Crippen molar-refractivity contribution in [3.8, 4) is 0 Å². The summed E-state index contributed by atoms with van der Waals surface area (Å²) in [5.74, 6) is -2.48. The molecule has 0 saturated heterocycles. The molecule has 1 N–H and O–H groups in total. The van der Waals surface area contributed by atoms with Crippen molar-refractivity contribution in [3.63, 3.8) is 0 Å². The predicted molar refractivity (Wildman–Crippen MR) is 69.4 cm³/mol. The number of anilines is 1. The first-order valence-electron chi connectivity index (χ1n) is 5.71. The Morgan fingerprint density at radius 3 is 2.53 bits per heavy atom. The highest BCUT2D eigenvalue weighted by atomic mass is 16.4. The van der Waals surface area contributed by atoms with Gasteiger partial charge in [0.2, 0.25) is 0 Å².